The fourth-order valence-corrected chi connectivity index (χ4v) is 2.39. The summed E-state index contributed by atoms with van der Waals surface area (Å²) in [5.74, 6) is 0. The van der Waals surface area contributed by atoms with Crippen molar-refractivity contribution in [1.29, 1.82) is 0 Å². The van der Waals surface area contributed by atoms with Crippen LogP contribution >= 0.6 is 12.2 Å². The van der Waals surface area contributed by atoms with Gasteiger partial charge in [0.25, 0.3) is 0 Å². The molecular formula is C15H22S. The van der Waals surface area contributed by atoms with E-state index in [-0.39, 0.29) is 0 Å². The third-order valence-electron chi connectivity index (χ3n) is 2.49. The summed E-state index contributed by atoms with van der Waals surface area (Å²) >= 11 is 5.42. The lowest BCUT2D eigenvalue weighted by Gasteiger charge is -2.18. The average molecular weight is 234 g/mol. The van der Waals surface area contributed by atoms with Crippen LogP contribution in [0.2, 0.25) is 0 Å². The molecule has 1 aromatic carbocycles. The second-order valence-electron chi connectivity index (χ2n) is 5.62. The highest BCUT2D eigenvalue weighted by Crippen LogP contribution is 2.21. The molecule has 0 aliphatic carbocycles. The zero-order chi connectivity index (χ0) is 12.0. The molecule has 1 heteroatoms. The summed E-state index contributed by atoms with van der Waals surface area (Å²) in [6.45, 7) is 6.74. The van der Waals surface area contributed by atoms with Crippen molar-refractivity contribution in [1.82, 2.24) is 0 Å². The van der Waals surface area contributed by atoms with Crippen LogP contribution in [0.15, 0.2) is 30.3 Å². The molecule has 0 unspecified atom stereocenters. The Morgan fingerprint density at radius 1 is 1.12 bits per heavy atom. The molecule has 0 fully saturated rings. The molecule has 0 atom stereocenters. The fraction of sp³-hybridized carbons (Fsp3) is 0.533. The standard InChI is InChI=1S/C15H22S/c1-15(2,3)12-14(16)11-7-10-13-8-5-4-6-9-13/h4-6,8-9H,7,10-12H2,1-3H3. The van der Waals surface area contributed by atoms with Crippen LogP contribution in [0, 0.1) is 5.41 Å². The van der Waals surface area contributed by atoms with Crippen LogP contribution < -0.4 is 0 Å². The van der Waals surface area contributed by atoms with Gasteiger partial charge in [0.05, 0.1) is 0 Å². The lowest BCUT2D eigenvalue weighted by atomic mass is 9.89. The first-order chi connectivity index (χ1) is 7.47. The Kier molecular flexibility index (Phi) is 5.14. The maximum atomic E-state index is 5.42. The Balaban J connectivity index is 2.24. The summed E-state index contributed by atoms with van der Waals surface area (Å²) in [4.78, 5) is 1.23. The summed E-state index contributed by atoms with van der Waals surface area (Å²) in [5, 5.41) is 0. The zero-order valence-corrected chi connectivity index (χ0v) is 11.4. The van der Waals surface area contributed by atoms with E-state index in [0.717, 1.165) is 19.3 Å². The van der Waals surface area contributed by atoms with Crippen LogP contribution in [0.4, 0.5) is 0 Å². The lowest BCUT2D eigenvalue weighted by molar-refractivity contribution is 0.433. The van der Waals surface area contributed by atoms with Gasteiger partial charge < -0.3 is 0 Å². The van der Waals surface area contributed by atoms with E-state index in [9.17, 15) is 0 Å². The molecule has 0 spiro atoms. The zero-order valence-electron chi connectivity index (χ0n) is 10.6. The van der Waals surface area contributed by atoms with Gasteiger partial charge >= 0.3 is 0 Å². The van der Waals surface area contributed by atoms with Gasteiger partial charge in [0, 0.05) is 0 Å². The van der Waals surface area contributed by atoms with E-state index in [1.54, 1.807) is 0 Å². The van der Waals surface area contributed by atoms with E-state index in [2.05, 4.69) is 51.1 Å². The third-order valence-corrected chi connectivity index (χ3v) is 2.84. The minimum Gasteiger partial charge on any atom is -0.0897 e. The van der Waals surface area contributed by atoms with Crippen LogP contribution in [-0.4, -0.2) is 4.86 Å². The van der Waals surface area contributed by atoms with Crippen molar-refractivity contribution in [3.05, 3.63) is 35.9 Å². The van der Waals surface area contributed by atoms with Gasteiger partial charge in [-0.25, -0.2) is 0 Å². The van der Waals surface area contributed by atoms with Crippen LogP contribution in [0.1, 0.15) is 45.6 Å². The Bertz CT molecular complexity index is 319. The summed E-state index contributed by atoms with van der Waals surface area (Å²) in [6.07, 6.45) is 4.47. The summed E-state index contributed by atoms with van der Waals surface area (Å²) in [6, 6.07) is 10.6. The highest BCUT2D eigenvalue weighted by Gasteiger charge is 2.12. The largest absolute Gasteiger partial charge is 0.0897 e. The van der Waals surface area contributed by atoms with Gasteiger partial charge in [-0.3, -0.25) is 0 Å². The number of hydrogen-bond donors (Lipinski definition) is 0. The number of hydrogen-bond acceptors (Lipinski definition) is 1. The second kappa shape index (κ2) is 6.15. The monoisotopic (exact) mass is 234 g/mol. The van der Waals surface area contributed by atoms with E-state index < -0.39 is 0 Å². The SMILES string of the molecule is CC(C)(C)CC(=S)CCCc1ccccc1. The van der Waals surface area contributed by atoms with Crippen molar-refractivity contribution < 1.29 is 0 Å². The molecule has 0 heterocycles. The first kappa shape index (κ1) is 13.4. The highest BCUT2D eigenvalue weighted by molar-refractivity contribution is 7.80. The summed E-state index contributed by atoms with van der Waals surface area (Å²) in [7, 11) is 0. The van der Waals surface area contributed by atoms with E-state index in [1.165, 1.54) is 16.8 Å². The van der Waals surface area contributed by atoms with Gasteiger partial charge in [-0.1, -0.05) is 63.3 Å². The first-order valence-corrected chi connectivity index (χ1v) is 6.44. The van der Waals surface area contributed by atoms with Crippen molar-refractivity contribution in [2.75, 3.05) is 0 Å². The average Bonchev–Trinajstić information content (AvgIpc) is 2.16. The summed E-state index contributed by atoms with van der Waals surface area (Å²) in [5.41, 5.74) is 1.75. The normalized spacial score (nSPS) is 11.4. The summed E-state index contributed by atoms with van der Waals surface area (Å²) < 4.78 is 0. The minimum absolute atomic E-state index is 0.337. The second-order valence-corrected chi connectivity index (χ2v) is 6.19. The van der Waals surface area contributed by atoms with Gasteiger partial charge in [-0.15, -0.1) is 0 Å². The maximum absolute atomic E-state index is 5.42. The van der Waals surface area contributed by atoms with Crippen molar-refractivity contribution in [2.24, 2.45) is 5.41 Å². The Hall–Kier alpha value is -0.690. The molecule has 1 rings (SSSR count). The molecule has 0 saturated carbocycles. The molecule has 0 aliphatic heterocycles. The van der Waals surface area contributed by atoms with Crippen LogP contribution in [-0.2, 0) is 6.42 Å². The topological polar surface area (TPSA) is 0 Å². The van der Waals surface area contributed by atoms with Crippen molar-refractivity contribution in [3.8, 4) is 0 Å². The molecule has 1 aromatic rings. The van der Waals surface area contributed by atoms with Crippen LogP contribution in [0.25, 0.3) is 0 Å². The van der Waals surface area contributed by atoms with Gasteiger partial charge in [0.15, 0.2) is 0 Å². The molecule has 0 nitrogen and oxygen atoms in total. The predicted molar refractivity (Wildman–Crippen MR) is 76.1 cm³/mol. The highest BCUT2D eigenvalue weighted by atomic mass is 32.1. The molecular weight excluding hydrogens is 212 g/mol. The molecule has 0 aliphatic rings. The van der Waals surface area contributed by atoms with Crippen LogP contribution in [0.3, 0.4) is 0 Å². The quantitative estimate of drug-likeness (QED) is 0.658. The molecule has 0 amide bonds. The molecule has 0 bridgehead atoms. The van der Waals surface area contributed by atoms with Crippen molar-refractivity contribution >= 4 is 17.1 Å². The lowest BCUT2D eigenvalue weighted by Crippen LogP contribution is -2.11. The van der Waals surface area contributed by atoms with Gasteiger partial charge in [-0.2, -0.15) is 0 Å². The Labute approximate surface area is 105 Å². The van der Waals surface area contributed by atoms with Gasteiger partial charge in [0.1, 0.15) is 0 Å². The molecule has 0 aromatic heterocycles. The maximum Gasteiger partial charge on any atom is -0.00662 e. The van der Waals surface area contributed by atoms with Crippen LogP contribution in [0.5, 0.6) is 0 Å². The smallest absolute Gasteiger partial charge is 0.00662 e. The molecule has 0 saturated heterocycles. The first-order valence-electron chi connectivity index (χ1n) is 6.03. The van der Waals surface area contributed by atoms with Crippen molar-refractivity contribution in [3.63, 3.8) is 0 Å². The Morgan fingerprint density at radius 2 is 1.75 bits per heavy atom. The number of rotatable bonds is 5. The molecule has 88 valence electrons. The van der Waals surface area contributed by atoms with E-state index in [0.29, 0.717) is 5.41 Å². The number of aryl methyl sites for hydroxylation is 1. The number of thiocarbonyl (C=S) groups is 1. The third kappa shape index (κ3) is 6.02. The van der Waals surface area contributed by atoms with Gasteiger partial charge in [-0.05, 0) is 41.5 Å². The van der Waals surface area contributed by atoms with Gasteiger partial charge in [0.2, 0.25) is 0 Å². The molecule has 0 radical (unpaired) electrons. The van der Waals surface area contributed by atoms with Crippen molar-refractivity contribution in [2.45, 2.75) is 46.5 Å². The van der Waals surface area contributed by atoms with E-state index in [4.69, 9.17) is 12.2 Å². The number of benzene rings is 1. The molecule has 16 heavy (non-hydrogen) atoms. The van der Waals surface area contributed by atoms with E-state index >= 15 is 0 Å². The minimum atomic E-state index is 0.337. The Morgan fingerprint density at radius 3 is 2.31 bits per heavy atom. The fourth-order valence-electron chi connectivity index (χ4n) is 1.81. The van der Waals surface area contributed by atoms with E-state index in [1.807, 2.05) is 0 Å². The molecule has 0 N–H and O–H groups in total. The predicted octanol–water partition coefficient (Wildman–Crippen LogP) is 4.82.